The van der Waals surface area contributed by atoms with Crippen LogP contribution in [0, 0.1) is 5.92 Å². The van der Waals surface area contributed by atoms with Gasteiger partial charge in [0.25, 0.3) is 0 Å². The zero-order valence-corrected chi connectivity index (χ0v) is 19.6. The van der Waals surface area contributed by atoms with Crippen LogP contribution in [0.1, 0.15) is 56.0 Å². The normalized spacial score (nSPS) is 25.4. The van der Waals surface area contributed by atoms with Crippen molar-refractivity contribution in [2.45, 2.75) is 58.3 Å². The highest BCUT2D eigenvalue weighted by molar-refractivity contribution is 5.98. The molecule has 9 nitrogen and oxygen atoms in total. The minimum Gasteiger partial charge on any atom is -0.507 e. The highest BCUT2D eigenvalue weighted by Gasteiger charge is 2.26. The number of rotatable bonds is 6. The molecule has 4 atom stereocenters. The lowest BCUT2D eigenvalue weighted by Gasteiger charge is -2.21. The smallest absolute Gasteiger partial charge is 0.342 e. The Balaban J connectivity index is 2.34. The molecule has 1 aliphatic heterocycles. The average molecular weight is 477 g/mol. The fourth-order valence-corrected chi connectivity index (χ4v) is 3.18. The van der Waals surface area contributed by atoms with Gasteiger partial charge in [-0.05, 0) is 44.4 Å². The molecule has 0 bridgehead atoms. The van der Waals surface area contributed by atoms with Gasteiger partial charge >= 0.3 is 11.9 Å². The van der Waals surface area contributed by atoms with Crippen LogP contribution >= 0.6 is 0 Å². The molecule has 0 unspecified atom stereocenters. The van der Waals surface area contributed by atoms with Crippen LogP contribution < -0.4 is 4.74 Å². The zero-order chi connectivity index (χ0) is 25.3. The number of phenolic OH excluding ortho intramolecular Hbond substituents is 1. The maximum Gasteiger partial charge on any atom is 0.342 e. The maximum absolute atomic E-state index is 13.0. The summed E-state index contributed by atoms with van der Waals surface area (Å²) in [6, 6.07) is 2.83. The quantitative estimate of drug-likeness (QED) is 0.417. The first-order valence-electron chi connectivity index (χ1n) is 11.2. The first-order valence-corrected chi connectivity index (χ1v) is 11.2. The fourth-order valence-electron chi connectivity index (χ4n) is 3.18. The van der Waals surface area contributed by atoms with Crippen LogP contribution in [-0.4, -0.2) is 64.6 Å². The van der Waals surface area contributed by atoms with E-state index in [2.05, 4.69) is 0 Å². The minimum absolute atomic E-state index is 0.0847. The van der Waals surface area contributed by atoms with Crippen LogP contribution in [-0.2, 0) is 19.1 Å². The molecular formula is C25H32O9. The Bertz CT molecular complexity index is 935. The topological polar surface area (TPSA) is 140 Å². The number of cyclic esters (lactones) is 1. The van der Waals surface area contributed by atoms with Crippen LogP contribution in [0.5, 0.6) is 11.5 Å². The van der Waals surface area contributed by atoms with Crippen molar-refractivity contribution in [2.75, 3.05) is 13.2 Å². The summed E-state index contributed by atoms with van der Waals surface area (Å²) in [6.45, 7) is 5.23. The van der Waals surface area contributed by atoms with Crippen molar-refractivity contribution in [3.63, 3.8) is 0 Å². The highest BCUT2D eigenvalue weighted by atomic mass is 16.5. The van der Waals surface area contributed by atoms with Crippen molar-refractivity contribution in [3.05, 3.63) is 41.5 Å². The summed E-state index contributed by atoms with van der Waals surface area (Å²) in [5, 5.41) is 30.7. The van der Waals surface area contributed by atoms with E-state index in [0.29, 0.717) is 18.6 Å². The fraction of sp³-hybridized carbons (Fsp3) is 0.480. The molecule has 0 spiro atoms. The Kier molecular flexibility index (Phi) is 10.3. The molecule has 0 aliphatic carbocycles. The van der Waals surface area contributed by atoms with Gasteiger partial charge in [-0.2, -0.15) is 0 Å². The van der Waals surface area contributed by atoms with E-state index in [1.54, 1.807) is 13.8 Å². The molecule has 1 heterocycles. The number of carbonyl (C=O) groups excluding carboxylic acids is 3. The molecular weight excluding hydrogens is 444 g/mol. The minimum atomic E-state index is -1.61. The first-order chi connectivity index (χ1) is 16.1. The number of esters is 2. The summed E-state index contributed by atoms with van der Waals surface area (Å²) >= 11 is 0. The summed E-state index contributed by atoms with van der Waals surface area (Å²) < 4.78 is 16.2. The molecule has 0 aromatic heterocycles. The van der Waals surface area contributed by atoms with Crippen molar-refractivity contribution < 1.29 is 43.9 Å². The van der Waals surface area contributed by atoms with Gasteiger partial charge in [0.2, 0.25) is 0 Å². The molecule has 1 aromatic rings. The summed E-state index contributed by atoms with van der Waals surface area (Å²) in [5.41, 5.74) is 0.144. The van der Waals surface area contributed by atoms with Crippen LogP contribution in [0.3, 0.4) is 0 Å². The SMILES string of the molecule is CC(=O)OCCCCOc1ccc(O)c2c1/C=C/C[C@H](O)[C@H](O)C(=O)/C=C\[C@@H](C)[C@H](C)OC2=O. The van der Waals surface area contributed by atoms with E-state index in [-0.39, 0.29) is 48.4 Å². The summed E-state index contributed by atoms with van der Waals surface area (Å²) in [6.07, 6.45) is 3.06. The molecule has 0 fully saturated rings. The van der Waals surface area contributed by atoms with Crippen molar-refractivity contribution in [1.82, 2.24) is 0 Å². The number of carbonyl (C=O) groups is 3. The van der Waals surface area contributed by atoms with Gasteiger partial charge in [-0.1, -0.05) is 25.2 Å². The molecule has 9 heteroatoms. The van der Waals surface area contributed by atoms with Crippen molar-refractivity contribution in [3.8, 4) is 11.5 Å². The van der Waals surface area contributed by atoms with E-state index in [0.717, 1.165) is 6.08 Å². The van der Waals surface area contributed by atoms with Gasteiger partial charge < -0.3 is 29.5 Å². The predicted octanol–water partition coefficient (Wildman–Crippen LogP) is 2.56. The predicted molar refractivity (Wildman–Crippen MR) is 123 cm³/mol. The number of fused-ring (bicyclic) bond motifs is 1. The van der Waals surface area contributed by atoms with Crippen LogP contribution in [0.2, 0.25) is 0 Å². The van der Waals surface area contributed by atoms with E-state index in [1.807, 2.05) is 0 Å². The third kappa shape index (κ3) is 7.71. The van der Waals surface area contributed by atoms with Gasteiger partial charge in [0.05, 0.1) is 19.3 Å². The number of ether oxygens (including phenoxy) is 3. The number of hydrogen-bond donors (Lipinski definition) is 3. The summed E-state index contributed by atoms with van der Waals surface area (Å²) in [4.78, 5) is 35.9. The lowest BCUT2D eigenvalue weighted by Crippen LogP contribution is -2.32. The molecule has 1 aromatic carbocycles. The molecule has 1 aliphatic rings. The molecule has 0 amide bonds. The van der Waals surface area contributed by atoms with E-state index in [4.69, 9.17) is 14.2 Å². The summed E-state index contributed by atoms with van der Waals surface area (Å²) in [5.74, 6) is -2.16. The number of aromatic hydroxyl groups is 1. The van der Waals surface area contributed by atoms with Crippen LogP contribution in [0.4, 0.5) is 0 Å². The second kappa shape index (κ2) is 12.9. The van der Waals surface area contributed by atoms with Crippen LogP contribution in [0.25, 0.3) is 6.08 Å². The van der Waals surface area contributed by atoms with Gasteiger partial charge in [-0.3, -0.25) is 9.59 Å². The average Bonchev–Trinajstić information content (AvgIpc) is 2.78. The second-order valence-corrected chi connectivity index (χ2v) is 8.15. The number of unbranched alkanes of at least 4 members (excludes halogenated alkanes) is 1. The Morgan fingerprint density at radius 3 is 2.53 bits per heavy atom. The van der Waals surface area contributed by atoms with Crippen molar-refractivity contribution in [2.24, 2.45) is 5.92 Å². The number of aliphatic hydroxyl groups excluding tert-OH is 2. The molecule has 34 heavy (non-hydrogen) atoms. The van der Waals surface area contributed by atoms with Gasteiger partial charge in [0, 0.05) is 18.4 Å². The lowest BCUT2D eigenvalue weighted by molar-refractivity contribution is -0.141. The van der Waals surface area contributed by atoms with E-state index < -0.39 is 30.1 Å². The van der Waals surface area contributed by atoms with Crippen molar-refractivity contribution in [1.29, 1.82) is 0 Å². The number of aliphatic hydroxyl groups is 2. The third-order valence-corrected chi connectivity index (χ3v) is 5.40. The van der Waals surface area contributed by atoms with E-state index in [9.17, 15) is 29.7 Å². The highest BCUT2D eigenvalue weighted by Crippen LogP contribution is 2.33. The first kappa shape index (κ1) is 27.1. The number of ketones is 1. The number of hydrogen-bond acceptors (Lipinski definition) is 9. The molecule has 0 radical (unpaired) electrons. The molecule has 3 N–H and O–H groups in total. The zero-order valence-electron chi connectivity index (χ0n) is 19.6. The van der Waals surface area contributed by atoms with E-state index >= 15 is 0 Å². The Morgan fingerprint density at radius 1 is 1.12 bits per heavy atom. The van der Waals surface area contributed by atoms with Gasteiger partial charge in [0.1, 0.15) is 29.3 Å². The van der Waals surface area contributed by atoms with Gasteiger partial charge in [-0.25, -0.2) is 4.79 Å². The summed E-state index contributed by atoms with van der Waals surface area (Å²) in [7, 11) is 0. The maximum atomic E-state index is 13.0. The standard InChI is InChI=1S/C25H32O9/c1-15-9-10-21(29)24(30)20(28)8-6-7-18-22(33-14-5-4-13-32-17(3)26)12-11-19(27)23(18)25(31)34-16(15)2/h6-7,9-12,15-16,20,24,27-28,30H,4-5,8,13-14H2,1-3H3/b7-6+,10-9-/t15-,16+,20+,24+/m1/s1. The van der Waals surface area contributed by atoms with Gasteiger partial charge in [0.15, 0.2) is 5.78 Å². The lowest BCUT2D eigenvalue weighted by atomic mass is 9.99. The largest absolute Gasteiger partial charge is 0.507 e. The molecule has 0 saturated carbocycles. The molecule has 2 rings (SSSR count). The number of benzene rings is 1. The third-order valence-electron chi connectivity index (χ3n) is 5.40. The Hall–Kier alpha value is -3.17. The number of phenols is 1. The van der Waals surface area contributed by atoms with Crippen molar-refractivity contribution >= 4 is 23.8 Å². The monoisotopic (exact) mass is 476 g/mol. The van der Waals surface area contributed by atoms with Gasteiger partial charge in [-0.15, -0.1) is 0 Å². The molecule has 186 valence electrons. The second-order valence-electron chi connectivity index (χ2n) is 8.15. The Morgan fingerprint density at radius 2 is 1.82 bits per heavy atom. The molecule has 0 saturated heterocycles. The Labute approximate surface area is 198 Å². The van der Waals surface area contributed by atoms with Crippen LogP contribution in [0.15, 0.2) is 30.4 Å². The van der Waals surface area contributed by atoms with E-state index in [1.165, 1.54) is 37.3 Å².